The summed E-state index contributed by atoms with van der Waals surface area (Å²) in [4.78, 5) is 0. The molecule has 0 amide bonds. The van der Waals surface area contributed by atoms with E-state index >= 15 is 0 Å². The smallest absolute Gasteiger partial charge is 0.0619 e. The van der Waals surface area contributed by atoms with Crippen molar-refractivity contribution in [3.63, 3.8) is 0 Å². The molecule has 40 heavy (non-hydrogen) atoms. The molecule has 1 heteroatoms. The molecule has 0 fully saturated rings. The van der Waals surface area contributed by atoms with Crippen molar-refractivity contribution in [2.75, 3.05) is 0 Å². The monoisotopic (exact) mass is 513 g/mol. The first-order valence-corrected chi connectivity index (χ1v) is 14.1. The first kappa shape index (κ1) is 24.2. The van der Waals surface area contributed by atoms with Crippen molar-refractivity contribution in [3.05, 3.63) is 145 Å². The van der Waals surface area contributed by atoms with Gasteiger partial charge in [0.25, 0.3) is 0 Å². The number of hydrogen-bond acceptors (Lipinski definition) is 0. The molecule has 6 aromatic carbocycles. The molecule has 0 atom stereocenters. The lowest BCUT2D eigenvalue weighted by molar-refractivity contribution is 1.19. The number of fused-ring (bicyclic) bond motifs is 5. The summed E-state index contributed by atoms with van der Waals surface area (Å²) in [5.41, 5.74) is 11.2. The molecule has 7 aromatic rings. The van der Waals surface area contributed by atoms with Crippen LogP contribution in [0.2, 0.25) is 0 Å². The van der Waals surface area contributed by atoms with Crippen LogP contribution in [0.5, 0.6) is 0 Å². The molecular weight excluding hydrogens is 482 g/mol. The van der Waals surface area contributed by atoms with E-state index in [9.17, 15) is 0 Å². The molecule has 0 aliphatic rings. The second-order valence-corrected chi connectivity index (χ2v) is 10.5. The van der Waals surface area contributed by atoms with Crippen LogP contribution in [-0.2, 0) is 0 Å². The number of allylic oxidation sites excluding steroid dienone is 2. The van der Waals surface area contributed by atoms with Gasteiger partial charge in [0.1, 0.15) is 0 Å². The summed E-state index contributed by atoms with van der Waals surface area (Å²) in [5, 5.41) is 5.07. The van der Waals surface area contributed by atoms with Crippen molar-refractivity contribution in [1.29, 1.82) is 0 Å². The number of para-hydroxylation sites is 1. The Morgan fingerprint density at radius 2 is 1.23 bits per heavy atom. The van der Waals surface area contributed by atoms with Gasteiger partial charge in [0.2, 0.25) is 0 Å². The summed E-state index contributed by atoms with van der Waals surface area (Å²) in [5.74, 6) is 0. The number of rotatable bonds is 5. The van der Waals surface area contributed by atoms with Gasteiger partial charge < -0.3 is 4.57 Å². The van der Waals surface area contributed by atoms with E-state index < -0.39 is 0 Å². The molecular formula is C39H31N. The van der Waals surface area contributed by atoms with Gasteiger partial charge in [-0.15, -0.1) is 0 Å². The zero-order chi connectivity index (χ0) is 27.1. The lowest BCUT2D eigenvalue weighted by Crippen LogP contribution is -1.94. The van der Waals surface area contributed by atoms with Gasteiger partial charge in [0.05, 0.1) is 11.0 Å². The van der Waals surface area contributed by atoms with Gasteiger partial charge in [0, 0.05) is 21.8 Å². The van der Waals surface area contributed by atoms with Crippen molar-refractivity contribution in [3.8, 4) is 27.9 Å². The lowest BCUT2D eigenvalue weighted by atomic mass is 9.96. The number of benzene rings is 6. The quantitative estimate of drug-likeness (QED) is 0.216. The first-order chi connectivity index (χ1) is 19.7. The normalized spacial score (nSPS) is 12.0. The van der Waals surface area contributed by atoms with Crippen LogP contribution in [0.1, 0.15) is 25.8 Å². The van der Waals surface area contributed by atoms with Gasteiger partial charge in [-0.2, -0.15) is 0 Å². The Balaban J connectivity index is 1.47. The van der Waals surface area contributed by atoms with Crippen LogP contribution in [0.25, 0.3) is 66.1 Å². The van der Waals surface area contributed by atoms with Gasteiger partial charge in [-0.25, -0.2) is 0 Å². The van der Waals surface area contributed by atoms with E-state index in [1.165, 1.54) is 71.7 Å². The zero-order valence-corrected chi connectivity index (χ0v) is 22.9. The van der Waals surface area contributed by atoms with Gasteiger partial charge in [-0.05, 0) is 82.5 Å². The van der Waals surface area contributed by atoms with Gasteiger partial charge in [0.15, 0.2) is 0 Å². The highest BCUT2D eigenvalue weighted by Gasteiger charge is 2.16. The Hall–Kier alpha value is -4.88. The van der Waals surface area contributed by atoms with Crippen LogP contribution in [-0.4, -0.2) is 4.57 Å². The maximum atomic E-state index is 2.44. The minimum Gasteiger partial charge on any atom is -0.309 e. The van der Waals surface area contributed by atoms with E-state index in [1.54, 1.807) is 0 Å². The lowest BCUT2D eigenvalue weighted by Gasteiger charge is -2.12. The Bertz CT molecular complexity index is 2030. The summed E-state index contributed by atoms with van der Waals surface area (Å²) >= 11 is 0. The molecule has 0 unspecified atom stereocenters. The van der Waals surface area contributed by atoms with E-state index in [0.29, 0.717) is 0 Å². The highest BCUT2D eigenvalue weighted by Crippen LogP contribution is 2.39. The minimum absolute atomic E-state index is 1.05. The van der Waals surface area contributed by atoms with Crippen molar-refractivity contribution in [1.82, 2.24) is 4.57 Å². The predicted molar refractivity (Wildman–Crippen MR) is 173 cm³/mol. The van der Waals surface area contributed by atoms with Crippen LogP contribution in [0.15, 0.2) is 140 Å². The molecule has 7 rings (SSSR count). The molecule has 1 nitrogen and oxygen atoms in total. The molecule has 192 valence electrons. The van der Waals surface area contributed by atoms with Crippen molar-refractivity contribution < 1.29 is 0 Å². The molecule has 0 bridgehead atoms. The molecule has 0 saturated heterocycles. The van der Waals surface area contributed by atoms with Crippen LogP contribution in [0.3, 0.4) is 0 Å². The van der Waals surface area contributed by atoms with Crippen LogP contribution >= 0.6 is 0 Å². The van der Waals surface area contributed by atoms with E-state index in [-0.39, 0.29) is 0 Å². The molecule has 1 heterocycles. The Morgan fingerprint density at radius 1 is 0.575 bits per heavy atom. The minimum atomic E-state index is 1.05. The van der Waals surface area contributed by atoms with Gasteiger partial charge in [-0.1, -0.05) is 116 Å². The Morgan fingerprint density at radius 3 is 2.00 bits per heavy atom. The summed E-state index contributed by atoms with van der Waals surface area (Å²) in [7, 11) is 0. The van der Waals surface area contributed by atoms with E-state index in [4.69, 9.17) is 0 Å². The largest absolute Gasteiger partial charge is 0.309 e. The molecule has 1 aromatic heterocycles. The van der Waals surface area contributed by atoms with Crippen LogP contribution in [0.4, 0.5) is 0 Å². The molecule has 0 aliphatic carbocycles. The fourth-order valence-corrected chi connectivity index (χ4v) is 6.04. The standard InChI is InChI=1S/C39H31N/c1-3-11-27(2)29-14-10-15-30(24-29)31-18-21-35-33(25-31)20-23-37-36-22-19-32(28-12-6-4-7-13-28)26-38(36)40(39(35)37)34-16-8-5-9-17-34/h4-26H,3H2,1-2H3/b27-11+. The molecule has 0 aliphatic heterocycles. The maximum absolute atomic E-state index is 2.44. The highest BCUT2D eigenvalue weighted by atomic mass is 15.0. The second-order valence-electron chi connectivity index (χ2n) is 10.5. The number of hydrogen-bond donors (Lipinski definition) is 0. The number of nitrogens with zero attached hydrogens (tertiary/aromatic N) is 1. The third kappa shape index (κ3) is 4.12. The average molecular weight is 514 g/mol. The SMILES string of the molecule is CC/C=C(\C)c1cccc(-c2ccc3c(ccc4c5ccc(-c6ccccc6)cc5n(-c5ccccc5)c34)c2)c1. The fraction of sp³-hybridized carbons (Fsp3) is 0.0769. The van der Waals surface area contributed by atoms with Crippen LogP contribution in [0, 0.1) is 0 Å². The third-order valence-corrected chi connectivity index (χ3v) is 8.03. The number of aromatic nitrogens is 1. The molecule has 0 spiro atoms. The van der Waals surface area contributed by atoms with Crippen molar-refractivity contribution in [2.24, 2.45) is 0 Å². The highest BCUT2D eigenvalue weighted by molar-refractivity contribution is 6.19. The van der Waals surface area contributed by atoms with E-state index in [1.807, 2.05) is 0 Å². The summed E-state index contributed by atoms with van der Waals surface area (Å²) < 4.78 is 2.44. The fourth-order valence-electron chi connectivity index (χ4n) is 6.04. The summed E-state index contributed by atoms with van der Waals surface area (Å²) in [6, 6.07) is 48.7. The van der Waals surface area contributed by atoms with E-state index in [0.717, 1.165) is 6.42 Å². The van der Waals surface area contributed by atoms with Gasteiger partial charge >= 0.3 is 0 Å². The maximum Gasteiger partial charge on any atom is 0.0619 e. The molecule has 0 N–H and O–H groups in total. The van der Waals surface area contributed by atoms with E-state index in [2.05, 4.69) is 158 Å². The van der Waals surface area contributed by atoms with Crippen LogP contribution < -0.4 is 0 Å². The Kier molecular flexibility index (Phi) is 6.06. The second kappa shape index (κ2) is 10.0. The third-order valence-electron chi connectivity index (χ3n) is 8.03. The predicted octanol–water partition coefficient (Wildman–Crippen LogP) is 11.1. The molecule has 0 saturated carbocycles. The Labute approximate surface area is 235 Å². The summed E-state index contributed by atoms with van der Waals surface area (Å²) in [6.07, 6.45) is 3.34. The van der Waals surface area contributed by atoms with Gasteiger partial charge in [-0.3, -0.25) is 0 Å². The summed E-state index contributed by atoms with van der Waals surface area (Å²) in [6.45, 7) is 4.39. The zero-order valence-electron chi connectivity index (χ0n) is 22.9. The van der Waals surface area contributed by atoms with Crippen molar-refractivity contribution >= 4 is 38.2 Å². The molecule has 0 radical (unpaired) electrons. The first-order valence-electron chi connectivity index (χ1n) is 14.1. The topological polar surface area (TPSA) is 4.93 Å². The van der Waals surface area contributed by atoms with Crippen molar-refractivity contribution in [2.45, 2.75) is 20.3 Å². The average Bonchev–Trinajstić information content (AvgIpc) is 3.36.